The monoisotopic (exact) mass is 397 g/mol. The van der Waals surface area contributed by atoms with Gasteiger partial charge in [0.05, 0.1) is 4.47 Å². The number of benzene rings is 2. The summed E-state index contributed by atoms with van der Waals surface area (Å²) in [6, 6.07) is 10.3. The fourth-order valence-corrected chi connectivity index (χ4v) is 2.81. The van der Waals surface area contributed by atoms with E-state index < -0.39 is 6.10 Å². The van der Waals surface area contributed by atoms with Crippen LogP contribution in [0.25, 0.3) is 0 Å². The van der Waals surface area contributed by atoms with E-state index in [0.717, 1.165) is 0 Å². The number of ether oxygens (including phenoxy) is 3. The fourth-order valence-electron chi connectivity index (χ4n) is 2.03. The molecule has 2 aromatic carbocycles. The zero-order valence-electron chi connectivity index (χ0n) is 12.1. The number of fused-ring (bicyclic) bond motifs is 1. The average molecular weight is 399 g/mol. The molecule has 0 bridgehead atoms. The lowest BCUT2D eigenvalue weighted by atomic mass is 10.2. The normalized spacial score (nSPS) is 13.5. The molecule has 120 valence electrons. The molecule has 1 atom stereocenters. The summed E-state index contributed by atoms with van der Waals surface area (Å²) >= 11 is 9.24. The molecule has 0 radical (unpaired) electrons. The molecule has 0 fully saturated rings. The van der Waals surface area contributed by atoms with Crippen LogP contribution in [0.5, 0.6) is 17.2 Å². The molecule has 1 aliphatic rings. The number of carbonyl (C=O) groups excluding carboxylic acids is 1. The van der Waals surface area contributed by atoms with E-state index in [1.54, 1.807) is 43.3 Å². The Hall–Kier alpha value is -1.92. The van der Waals surface area contributed by atoms with E-state index in [1.165, 1.54) is 0 Å². The first kappa shape index (κ1) is 16.0. The van der Waals surface area contributed by atoms with Crippen LogP contribution in [-0.4, -0.2) is 18.8 Å². The summed E-state index contributed by atoms with van der Waals surface area (Å²) in [6.45, 7) is 1.86. The first-order chi connectivity index (χ1) is 11.0. The molecule has 23 heavy (non-hydrogen) atoms. The highest BCUT2D eigenvalue weighted by atomic mass is 79.9. The van der Waals surface area contributed by atoms with Crippen LogP contribution in [0, 0.1) is 0 Å². The maximum absolute atomic E-state index is 12.2. The van der Waals surface area contributed by atoms with E-state index in [4.69, 9.17) is 25.8 Å². The summed E-state index contributed by atoms with van der Waals surface area (Å²) in [5.74, 6) is 1.54. The lowest BCUT2D eigenvalue weighted by Gasteiger charge is -2.16. The second-order valence-corrected chi connectivity index (χ2v) is 6.18. The topological polar surface area (TPSA) is 56.8 Å². The van der Waals surface area contributed by atoms with Crippen molar-refractivity contribution in [3.8, 4) is 17.2 Å². The predicted molar refractivity (Wildman–Crippen MR) is 90.4 cm³/mol. The van der Waals surface area contributed by atoms with Crippen molar-refractivity contribution in [3.63, 3.8) is 0 Å². The third kappa shape index (κ3) is 3.71. The second kappa shape index (κ2) is 6.68. The molecule has 1 heterocycles. The van der Waals surface area contributed by atoms with Gasteiger partial charge in [-0.05, 0) is 53.2 Å². The molecule has 1 N–H and O–H groups in total. The molecule has 0 spiro atoms. The molecule has 0 aromatic heterocycles. The molecule has 1 amide bonds. The van der Waals surface area contributed by atoms with Crippen LogP contribution < -0.4 is 19.5 Å². The molecular weight excluding hydrogens is 386 g/mol. The Morgan fingerprint density at radius 1 is 1.26 bits per heavy atom. The van der Waals surface area contributed by atoms with Crippen molar-refractivity contribution in [3.05, 3.63) is 45.9 Å². The minimum Gasteiger partial charge on any atom is -0.480 e. The Bertz CT molecular complexity index is 753. The first-order valence-corrected chi connectivity index (χ1v) is 8.02. The lowest BCUT2D eigenvalue weighted by molar-refractivity contribution is -0.122. The van der Waals surface area contributed by atoms with Crippen molar-refractivity contribution in [2.45, 2.75) is 13.0 Å². The van der Waals surface area contributed by atoms with E-state index in [9.17, 15) is 4.79 Å². The van der Waals surface area contributed by atoms with Gasteiger partial charge in [0.2, 0.25) is 6.79 Å². The molecule has 3 rings (SSSR count). The predicted octanol–water partition coefficient (Wildman–Crippen LogP) is 4.24. The Morgan fingerprint density at radius 2 is 2.04 bits per heavy atom. The first-order valence-electron chi connectivity index (χ1n) is 6.85. The highest BCUT2D eigenvalue weighted by Gasteiger charge is 2.18. The number of carbonyl (C=O) groups is 1. The van der Waals surface area contributed by atoms with E-state index >= 15 is 0 Å². The maximum Gasteiger partial charge on any atom is 0.265 e. The fraction of sp³-hybridized carbons (Fsp3) is 0.188. The van der Waals surface area contributed by atoms with Crippen molar-refractivity contribution in [2.24, 2.45) is 0 Å². The van der Waals surface area contributed by atoms with Crippen molar-refractivity contribution >= 4 is 39.1 Å². The molecule has 1 aliphatic heterocycles. The zero-order chi connectivity index (χ0) is 16.4. The summed E-state index contributed by atoms with van der Waals surface area (Å²) in [5.41, 5.74) is 0.616. The molecule has 0 unspecified atom stereocenters. The van der Waals surface area contributed by atoms with Crippen LogP contribution in [0.1, 0.15) is 6.92 Å². The smallest absolute Gasteiger partial charge is 0.265 e. The molecule has 7 heteroatoms. The number of halogens is 2. The van der Waals surface area contributed by atoms with Gasteiger partial charge in [-0.2, -0.15) is 0 Å². The van der Waals surface area contributed by atoms with Crippen molar-refractivity contribution in [1.29, 1.82) is 0 Å². The van der Waals surface area contributed by atoms with Gasteiger partial charge in [-0.25, -0.2) is 0 Å². The van der Waals surface area contributed by atoms with E-state index in [2.05, 4.69) is 21.2 Å². The summed E-state index contributed by atoms with van der Waals surface area (Å²) in [7, 11) is 0. The standard InChI is InChI=1S/C16H13BrClNO4/c1-9(23-13-4-2-10(18)6-12(13)17)16(20)19-11-3-5-14-15(7-11)22-8-21-14/h2-7,9H,8H2,1H3,(H,19,20)/t9-/m1/s1. The average Bonchev–Trinajstić information content (AvgIpc) is 2.97. The Balaban J connectivity index is 1.65. The summed E-state index contributed by atoms with van der Waals surface area (Å²) < 4.78 is 16.9. The quantitative estimate of drug-likeness (QED) is 0.837. The van der Waals surface area contributed by atoms with Crippen LogP contribution >= 0.6 is 27.5 Å². The largest absolute Gasteiger partial charge is 0.480 e. The minimum absolute atomic E-state index is 0.191. The van der Waals surface area contributed by atoms with Gasteiger partial charge >= 0.3 is 0 Å². The molecule has 0 saturated heterocycles. The van der Waals surface area contributed by atoms with Crippen LogP contribution in [0.4, 0.5) is 5.69 Å². The van der Waals surface area contributed by atoms with Gasteiger partial charge in [-0.3, -0.25) is 4.79 Å². The third-order valence-electron chi connectivity index (χ3n) is 3.21. The van der Waals surface area contributed by atoms with E-state index in [1.807, 2.05) is 0 Å². The summed E-state index contributed by atoms with van der Waals surface area (Å²) in [4.78, 5) is 12.2. The highest BCUT2D eigenvalue weighted by molar-refractivity contribution is 9.10. The second-order valence-electron chi connectivity index (χ2n) is 4.89. The van der Waals surface area contributed by atoms with Gasteiger partial charge < -0.3 is 19.5 Å². The Labute approximate surface area is 146 Å². The highest BCUT2D eigenvalue weighted by Crippen LogP contribution is 2.34. The SMILES string of the molecule is C[C@@H](Oc1ccc(Cl)cc1Br)C(=O)Nc1ccc2c(c1)OCO2. The molecule has 2 aromatic rings. The number of rotatable bonds is 4. The van der Waals surface area contributed by atoms with Crippen molar-refractivity contribution < 1.29 is 19.0 Å². The van der Waals surface area contributed by atoms with Crippen LogP contribution in [-0.2, 0) is 4.79 Å². The van der Waals surface area contributed by atoms with Crippen molar-refractivity contribution in [2.75, 3.05) is 12.1 Å². The Morgan fingerprint density at radius 3 is 2.83 bits per heavy atom. The number of hydrogen-bond donors (Lipinski definition) is 1. The van der Waals surface area contributed by atoms with Crippen molar-refractivity contribution in [1.82, 2.24) is 0 Å². The third-order valence-corrected chi connectivity index (χ3v) is 4.06. The van der Waals surface area contributed by atoms with Gasteiger partial charge in [0.25, 0.3) is 5.91 Å². The van der Waals surface area contributed by atoms with Gasteiger partial charge in [-0.15, -0.1) is 0 Å². The van der Waals surface area contributed by atoms with E-state index in [-0.39, 0.29) is 12.7 Å². The number of nitrogens with one attached hydrogen (secondary N) is 1. The molecular formula is C16H13BrClNO4. The molecule has 0 saturated carbocycles. The number of anilines is 1. The molecule has 5 nitrogen and oxygen atoms in total. The lowest BCUT2D eigenvalue weighted by Crippen LogP contribution is -2.30. The maximum atomic E-state index is 12.2. The van der Waals surface area contributed by atoms with Crippen LogP contribution in [0.3, 0.4) is 0 Å². The number of amides is 1. The minimum atomic E-state index is -0.683. The number of hydrogen-bond acceptors (Lipinski definition) is 4. The summed E-state index contributed by atoms with van der Waals surface area (Å²) in [5, 5.41) is 3.37. The van der Waals surface area contributed by atoms with Crippen LogP contribution in [0.2, 0.25) is 5.02 Å². The van der Waals surface area contributed by atoms with Gasteiger partial charge in [0, 0.05) is 16.8 Å². The summed E-state index contributed by atoms with van der Waals surface area (Å²) in [6.07, 6.45) is -0.683. The zero-order valence-corrected chi connectivity index (χ0v) is 14.5. The molecule has 0 aliphatic carbocycles. The van der Waals surface area contributed by atoms with Gasteiger partial charge in [0.15, 0.2) is 17.6 Å². The van der Waals surface area contributed by atoms with Gasteiger partial charge in [0.1, 0.15) is 5.75 Å². The Kier molecular flexibility index (Phi) is 4.63. The van der Waals surface area contributed by atoms with E-state index in [0.29, 0.717) is 32.4 Å². The van der Waals surface area contributed by atoms with Gasteiger partial charge in [-0.1, -0.05) is 11.6 Å². The van der Waals surface area contributed by atoms with Crippen LogP contribution in [0.15, 0.2) is 40.9 Å².